The molecule has 1 atom stereocenters. The molecule has 3 nitrogen and oxygen atoms in total. The van der Waals surface area contributed by atoms with Crippen molar-refractivity contribution in [1.82, 2.24) is 0 Å². The van der Waals surface area contributed by atoms with Crippen molar-refractivity contribution in [3.63, 3.8) is 0 Å². The molecule has 4 heteroatoms. The molecule has 1 unspecified atom stereocenters. The van der Waals surface area contributed by atoms with Crippen molar-refractivity contribution in [1.29, 1.82) is 0 Å². The first kappa shape index (κ1) is 9.84. The number of hydrogen-bond acceptors (Lipinski definition) is 3. The summed E-state index contributed by atoms with van der Waals surface area (Å²) < 4.78 is 5.64. The summed E-state index contributed by atoms with van der Waals surface area (Å²) in [5, 5.41) is 0. The first-order valence-electron chi connectivity index (χ1n) is 4.92. The monoisotopic (exact) mass is 214 g/mol. The quantitative estimate of drug-likeness (QED) is 0.731. The zero-order valence-electron chi connectivity index (χ0n) is 8.29. The second-order valence-corrected chi connectivity index (χ2v) is 5.08. The van der Waals surface area contributed by atoms with Gasteiger partial charge in [0.15, 0.2) is 0 Å². The SMILES string of the molecule is CC1(Cl)CC(N)=NC=C1OCC1CC1. The van der Waals surface area contributed by atoms with E-state index in [9.17, 15) is 0 Å². The highest BCUT2D eigenvalue weighted by Gasteiger charge is 2.33. The van der Waals surface area contributed by atoms with E-state index in [4.69, 9.17) is 22.1 Å². The summed E-state index contributed by atoms with van der Waals surface area (Å²) in [7, 11) is 0. The van der Waals surface area contributed by atoms with Crippen LogP contribution in [0.4, 0.5) is 0 Å². The third-order valence-electron chi connectivity index (χ3n) is 2.55. The fourth-order valence-electron chi connectivity index (χ4n) is 1.43. The van der Waals surface area contributed by atoms with Crippen molar-refractivity contribution in [2.75, 3.05) is 6.61 Å². The molecule has 2 aliphatic rings. The van der Waals surface area contributed by atoms with Gasteiger partial charge in [-0.3, -0.25) is 0 Å². The lowest BCUT2D eigenvalue weighted by atomic mass is 10.0. The van der Waals surface area contributed by atoms with Gasteiger partial charge >= 0.3 is 0 Å². The average Bonchev–Trinajstić information content (AvgIpc) is 2.84. The molecule has 1 aliphatic heterocycles. The molecule has 1 fully saturated rings. The Morgan fingerprint density at radius 1 is 1.71 bits per heavy atom. The Labute approximate surface area is 89.0 Å². The Kier molecular flexibility index (Phi) is 2.43. The van der Waals surface area contributed by atoms with Gasteiger partial charge < -0.3 is 10.5 Å². The van der Waals surface area contributed by atoms with Gasteiger partial charge in [-0.15, -0.1) is 11.6 Å². The molecule has 78 valence electrons. The van der Waals surface area contributed by atoms with Gasteiger partial charge in [0.1, 0.15) is 16.5 Å². The summed E-state index contributed by atoms with van der Waals surface area (Å²) in [5.74, 6) is 2.05. The van der Waals surface area contributed by atoms with Gasteiger partial charge in [-0.25, -0.2) is 4.99 Å². The summed E-state index contributed by atoms with van der Waals surface area (Å²) >= 11 is 6.28. The molecular weight excluding hydrogens is 200 g/mol. The van der Waals surface area contributed by atoms with Gasteiger partial charge in [0.2, 0.25) is 0 Å². The smallest absolute Gasteiger partial charge is 0.135 e. The van der Waals surface area contributed by atoms with Crippen LogP contribution >= 0.6 is 11.6 Å². The van der Waals surface area contributed by atoms with Crippen molar-refractivity contribution < 1.29 is 4.74 Å². The van der Waals surface area contributed by atoms with Crippen LogP contribution in [0.2, 0.25) is 0 Å². The van der Waals surface area contributed by atoms with Crippen molar-refractivity contribution in [2.45, 2.75) is 31.1 Å². The first-order chi connectivity index (χ1) is 6.58. The lowest BCUT2D eigenvalue weighted by Gasteiger charge is -2.27. The Hall–Kier alpha value is -0.700. The number of halogens is 1. The van der Waals surface area contributed by atoms with Crippen LogP contribution in [0.1, 0.15) is 26.2 Å². The predicted octanol–water partition coefficient (Wildman–Crippen LogP) is 2.01. The second kappa shape index (κ2) is 3.46. The topological polar surface area (TPSA) is 47.6 Å². The molecule has 0 spiro atoms. The number of nitrogens with zero attached hydrogens (tertiary/aromatic N) is 1. The van der Waals surface area contributed by atoms with Crippen molar-refractivity contribution in [3.8, 4) is 0 Å². The average molecular weight is 215 g/mol. The van der Waals surface area contributed by atoms with Gasteiger partial charge in [0.25, 0.3) is 0 Å². The van der Waals surface area contributed by atoms with E-state index in [2.05, 4.69) is 4.99 Å². The lowest BCUT2D eigenvalue weighted by molar-refractivity contribution is 0.175. The molecule has 2 N–H and O–H groups in total. The summed E-state index contributed by atoms with van der Waals surface area (Å²) in [6.07, 6.45) is 4.76. The van der Waals surface area contributed by atoms with Gasteiger partial charge in [0, 0.05) is 6.42 Å². The molecule has 0 amide bonds. The molecular formula is C10H15ClN2O. The fraction of sp³-hybridized carbons (Fsp3) is 0.700. The van der Waals surface area contributed by atoms with Crippen molar-refractivity contribution >= 4 is 17.4 Å². The van der Waals surface area contributed by atoms with Gasteiger partial charge in [-0.1, -0.05) is 0 Å². The fourth-order valence-corrected chi connectivity index (χ4v) is 1.67. The third kappa shape index (κ3) is 2.21. The molecule has 0 aromatic rings. The van der Waals surface area contributed by atoms with E-state index >= 15 is 0 Å². The van der Waals surface area contributed by atoms with Crippen LogP contribution in [0.5, 0.6) is 0 Å². The van der Waals surface area contributed by atoms with Crippen LogP contribution in [0.3, 0.4) is 0 Å². The maximum absolute atomic E-state index is 6.28. The van der Waals surface area contributed by atoms with Crippen molar-refractivity contribution in [2.24, 2.45) is 16.6 Å². The van der Waals surface area contributed by atoms with Crippen LogP contribution in [-0.4, -0.2) is 17.3 Å². The Morgan fingerprint density at radius 3 is 3.00 bits per heavy atom. The number of alkyl halides is 1. The Bertz CT molecular complexity index is 292. The minimum absolute atomic E-state index is 0.513. The molecule has 14 heavy (non-hydrogen) atoms. The highest BCUT2D eigenvalue weighted by molar-refractivity contribution is 6.27. The van der Waals surface area contributed by atoms with E-state index < -0.39 is 4.87 Å². The summed E-state index contributed by atoms with van der Waals surface area (Å²) in [4.78, 5) is 3.52. The number of amidine groups is 1. The lowest BCUT2D eigenvalue weighted by Crippen LogP contribution is -2.32. The maximum Gasteiger partial charge on any atom is 0.135 e. The summed E-state index contributed by atoms with van der Waals surface area (Å²) in [6, 6.07) is 0. The van der Waals surface area contributed by atoms with Crippen LogP contribution in [0.15, 0.2) is 17.0 Å². The Morgan fingerprint density at radius 2 is 2.43 bits per heavy atom. The molecule has 2 rings (SSSR count). The maximum atomic E-state index is 6.28. The van der Waals surface area contributed by atoms with E-state index in [0.29, 0.717) is 12.3 Å². The standard InChI is InChI=1S/C10H15ClN2O/c1-10(11)4-9(12)13-5-8(10)14-6-7-2-3-7/h5,7H,2-4,6H2,1H3,(H2,12,13). The molecule has 0 aromatic carbocycles. The van der Waals surface area contributed by atoms with Crippen LogP contribution < -0.4 is 5.73 Å². The summed E-state index contributed by atoms with van der Waals surface area (Å²) in [5.41, 5.74) is 5.61. The Balaban J connectivity index is 1.99. The third-order valence-corrected chi connectivity index (χ3v) is 2.87. The van der Waals surface area contributed by atoms with Crippen molar-refractivity contribution in [3.05, 3.63) is 12.0 Å². The van der Waals surface area contributed by atoms with Crippen LogP contribution in [0.25, 0.3) is 0 Å². The highest BCUT2D eigenvalue weighted by atomic mass is 35.5. The molecule has 1 heterocycles. The number of nitrogens with two attached hydrogens (primary N) is 1. The van der Waals surface area contributed by atoms with Gasteiger partial charge in [-0.05, 0) is 25.7 Å². The first-order valence-corrected chi connectivity index (χ1v) is 5.30. The van der Waals surface area contributed by atoms with Gasteiger partial charge in [-0.2, -0.15) is 0 Å². The largest absolute Gasteiger partial charge is 0.494 e. The molecule has 1 saturated carbocycles. The molecule has 1 aliphatic carbocycles. The van der Waals surface area contributed by atoms with Gasteiger partial charge in [0.05, 0.1) is 12.8 Å². The number of rotatable bonds is 3. The van der Waals surface area contributed by atoms with E-state index in [1.54, 1.807) is 6.20 Å². The summed E-state index contributed by atoms with van der Waals surface area (Å²) in [6.45, 7) is 2.68. The second-order valence-electron chi connectivity index (χ2n) is 4.24. The number of aliphatic imine (C=N–C) groups is 1. The van der Waals surface area contributed by atoms with Crippen LogP contribution in [-0.2, 0) is 4.74 Å². The minimum atomic E-state index is -0.513. The molecule has 0 radical (unpaired) electrons. The zero-order chi connectivity index (χ0) is 10.2. The highest BCUT2D eigenvalue weighted by Crippen LogP contribution is 2.35. The number of ether oxygens (including phenoxy) is 1. The normalized spacial score (nSPS) is 32.1. The van der Waals surface area contributed by atoms with E-state index in [1.165, 1.54) is 12.8 Å². The predicted molar refractivity (Wildman–Crippen MR) is 57.3 cm³/mol. The molecule has 0 saturated heterocycles. The molecule has 0 bridgehead atoms. The number of hydrogen-bond donors (Lipinski definition) is 1. The molecule has 0 aromatic heterocycles. The zero-order valence-corrected chi connectivity index (χ0v) is 9.05. The van der Waals surface area contributed by atoms with E-state index in [1.807, 2.05) is 6.92 Å². The van der Waals surface area contributed by atoms with E-state index in [-0.39, 0.29) is 0 Å². The van der Waals surface area contributed by atoms with Crippen LogP contribution in [0, 0.1) is 5.92 Å². The number of allylic oxidation sites excluding steroid dienone is 1. The minimum Gasteiger partial charge on any atom is -0.494 e. The van der Waals surface area contributed by atoms with E-state index in [0.717, 1.165) is 18.3 Å².